The minimum atomic E-state index is -0.256. The highest BCUT2D eigenvalue weighted by Crippen LogP contribution is 2.28. The van der Waals surface area contributed by atoms with Crippen molar-refractivity contribution in [2.75, 3.05) is 19.6 Å². The average molecular weight is 253 g/mol. The number of aromatic nitrogens is 1. The van der Waals surface area contributed by atoms with Gasteiger partial charge in [-0.1, -0.05) is 0 Å². The molecule has 1 saturated heterocycles. The van der Waals surface area contributed by atoms with Crippen molar-refractivity contribution in [3.05, 3.63) is 15.6 Å². The van der Waals surface area contributed by atoms with Crippen molar-refractivity contribution in [1.29, 1.82) is 0 Å². The molecule has 2 heterocycles. The summed E-state index contributed by atoms with van der Waals surface area (Å²) < 4.78 is 0. The summed E-state index contributed by atoms with van der Waals surface area (Å²) in [6.45, 7) is 9.85. The van der Waals surface area contributed by atoms with Crippen LogP contribution >= 0.6 is 11.3 Å². The van der Waals surface area contributed by atoms with Crippen LogP contribution in [0.15, 0.2) is 0 Å². The highest BCUT2D eigenvalue weighted by Gasteiger charge is 2.21. The molecular weight excluding hydrogens is 230 g/mol. The molecule has 0 atom stereocenters. The Morgan fingerprint density at radius 3 is 2.53 bits per heavy atom. The summed E-state index contributed by atoms with van der Waals surface area (Å²) in [6.07, 6.45) is 3.79. The Labute approximate surface area is 108 Å². The van der Waals surface area contributed by atoms with Crippen molar-refractivity contribution >= 4 is 11.3 Å². The third-order valence-corrected chi connectivity index (χ3v) is 4.82. The molecule has 17 heavy (non-hydrogen) atoms. The summed E-state index contributed by atoms with van der Waals surface area (Å²) in [5.74, 6) is 0. The molecule has 0 aliphatic carbocycles. The fourth-order valence-electron chi connectivity index (χ4n) is 2.42. The molecule has 0 amide bonds. The molecule has 2 rings (SSSR count). The van der Waals surface area contributed by atoms with E-state index < -0.39 is 0 Å². The van der Waals surface area contributed by atoms with Gasteiger partial charge in [0.15, 0.2) is 0 Å². The molecule has 1 aliphatic heterocycles. The lowest BCUT2D eigenvalue weighted by molar-refractivity contribution is 0.343. The van der Waals surface area contributed by atoms with Crippen molar-refractivity contribution in [3.8, 4) is 0 Å². The molecule has 2 N–H and O–H groups in total. The van der Waals surface area contributed by atoms with Crippen LogP contribution in [0, 0.1) is 6.92 Å². The monoisotopic (exact) mass is 253 g/mol. The first kappa shape index (κ1) is 13.0. The molecule has 96 valence electrons. The zero-order valence-electron chi connectivity index (χ0n) is 11.1. The smallest absolute Gasteiger partial charge is 0.0944 e. The Morgan fingerprint density at radius 2 is 2.00 bits per heavy atom. The Balaban J connectivity index is 1.97. The Hall–Kier alpha value is -0.450. The summed E-state index contributed by atoms with van der Waals surface area (Å²) in [6, 6.07) is 0. The maximum Gasteiger partial charge on any atom is 0.0944 e. The van der Waals surface area contributed by atoms with Crippen LogP contribution < -0.4 is 5.73 Å². The van der Waals surface area contributed by atoms with Gasteiger partial charge in [-0.25, -0.2) is 4.98 Å². The molecule has 1 aliphatic rings. The van der Waals surface area contributed by atoms with Gasteiger partial charge in [0, 0.05) is 23.4 Å². The highest BCUT2D eigenvalue weighted by molar-refractivity contribution is 7.11. The molecule has 0 radical (unpaired) electrons. The number of likely N-dealkylation sites (tertiary alicyclic amines) is 1. The molecule has 0 saturated carbocycles. The van der Waals surface area contributed by atoms with E-state index in [0.717, 1.165) is 18.7 Å². The number of aryl methyl sites for hydroxylation is 1. The molecule has 0 aromatic carbocycles. The van der Waals surface area contributed by atoms with Gasteiger partial charge in [-0.15, -0.1) is 11.3 Å². The van der Waals surface area contributed by atoms with E-state index in [-0.39, 0.29) is 5.54 Å². The van der Waals surface area contributed by atoms with E-state index in [4.69, 9.17) is 5.73 Å². The molecule has 0 unspecified atom stereocenters. The van der Waals surface area contributed by atoms with Crippen LogP contribution in [0.3, 0.4) is 0 Å². The van der Waals surface area contributed by atoms with Crippen LogP contribution in [0.5, 0.6) is 0 Å². The van der Waals surface area contributed by atoms with Crippen molar-refractivity contribution in [3.63, 3.8) is 0 Å². The summed E-state index contributed by atoms with van der Waals surface area (Å²) in [5, 5.41) is 1.24. The standard InChI is InChI=1S/C13H23N3S/c1-10-12(13(2,3)14)17-11(15-10)6-9-16-7-4-5-8-16/h4-9,14H2,1-3H3. The SMILES string of the molecule is Cc1nc(CCN2CCCC2)sc1C(C)(C)N. The lowest BCUT2D eigenvalue weighted by atomic mass is 10.0. The van der Waals surface area contributed by atoms with Crippen molar-refractivity contribution in [1.82, 2.24) is 9.88 Å². The quantitative estimate of drug-likeness (QED) is 0.895. The van der Waals surface area contributed by atoms with Crippen LogP contribution in [-0.2, 0) is 12.0 Å². The Morgan fingerprint density at radius 1 is 1.35 bits per heavy atom. The summed E-state index contributed by atoms with van der Waals surface area (Å²) >= 11 is 1.79. The van der Waals surface area contributed by atoms with Gasteiger partial charge in [0.2, 0.25) is 0 Å². The molecular formula is C13H23N3S. The molecule has 3 nitrogen and oxygen atoms in total. The van der Waals surface area contributed by atoms with E-state index in [0.29, 0.717) is 0 Å². The molecule has 1 aromatic rings. The number of thiazole rings is 1. The number of rotatable bonds is 4. The lowest BCUT2D eigenvalue weighted by Crippen LogP contribution is -2.28. The lowest BCUT2D eigenvalue weighted by Gasteiger charge is -2.16. The molecule has 1 fully saturated rings. The van der Waals surface area contributed by atoms with Crippen molar-refractivity contribution < 1.29 is 0 Å². The first-order valence-electron chi connectivity index (χ1n) is 6.45. The average Bonchev–Trinajstić information content (AvgIpc) is 2.82. The van der Waals surface area contributed by atoms with Gasteiger partial charge in [0.25, 0.3) is 0 Å². The fourth-order valence-corrected chi connectivity index (χ4v) is 3.48. The largest absolute Gasteiger partial charge is 0.321 e. The summed E-state index contributed by atoms with van der Waals surface area (Å²) in [4.78, 5) is 8.41. The van der Waals surface area contributed by atoms with E-state index >= 15 is 0 Å². The molecule has 1 aromatic heterocycles. The molecule has 4 heteroatoms. The Bertz CT molecular complexity index is 373. The molecule has 0 spiro atoms. The zero-order chi connectivity index (χ0) is 12.5. The fraction of sp³-hybridized carbons (Fsp3) is 0.769. The van der Waals surface area contributed by atoms with Crippen LogP contribution in [0.2, 0.25) is 0 Å². The minimum absolute atomic E-state index is 0.256. The van der Waals surface area contributed by atoms with Gasteiger partial charge in [0.1, 0.15) is 0 Å². The van der Waals surface area contributed by atoms with Gasteiger partial charge in [-0.05, 0) is 46.7 Å². The van der Waals surface area contributed by atoms with E-state index in [9.17, 15) is 0 Å². The first-order chi connectivity index (χ1) is 7.97. The second kappa shape index (κ2) is 5.04. The van der Waals surface area contributed by atoms with Gasteiger partial charge < -0.3 is 10.6 Å². The predicted octanol–water partition coefficient (Wildman–Crippen LogP) is 2.28. The first-order valence-corrected chi connectivity index (χ1v) is 7.26. The maximum atomic E-state index is 6.15. The van der Waals surface area contributed by atoms with Crippen LogP contribution in [-0.4, -0.2) is 29.5 Å². The van der Waals surface area contributed by atoms with E-state index in [2.05, 4.69) is 30.7 Å². The highest BCUT2D eigenvalue weighted by atomic mass is 32.1. The van der Waals surface area contributed by atoms with Gasteiger partial charge >= 0.3 is 0 Å². The summed E-state index contributed by atoms with van der Waals surface area (Å²) in [7, 11) is 0. The summed E-state index contributed by atoms with van der Waals surface area (Å²) in [5.41, 5.74) is 7.00. The van der Waals surface area contributed by atoms with Crippen LogP contribution in [0.1, 0.15) is 42.3 Å². The zero-order valence-corrected chi connectivity index (χ0v) is 11.9. The third kappa shape index (κ3) is 3.27. The predicted molar refractivity (Wildman–Crippen MR) is 73.4 cm³/mol. The molecule has 0 bridgehead atoms. The number of hydrogen-bond donors (Lipinski definition) is 1. The third-order valence-electron chi connectivity index (χ3n) is 3.27. The van der Waals surface area contributed by atoms with Gasteiger partial charge in [-0.3, -0.25) is 0 Å². The normalized spacial score (nSPS) is 17.9. The second-order valence-electron chi connectivity index (χ2n) is 5.54. The van der Waals surface area contributed by atoms with E-state index in [1.165, 1.54) is 35.8 Å². The number of nitrogens with zero attached hydrogens (tertiary/aromatic N) is 2. The Kier molecular flexibility index (Phi) is 3.85. The van der Waals surface area contributed by atoms with E-state index in [1.54, 1.807) is 11.3 Å². The van der Waals surface area contributed by atoms with Crippen molar-refractivity contribution in [2.24, 2.45) is 5.73 Å². The van der Waals surface area contributed by atoms with E-state index in [1.807, 2.05) is 0 Å². The van der Waals surface area contributed by atoms with Crippen molar-refractivity contribution in [2.45, 2.75) is 45.6 Å². The van der Waals surface area contributed by atoms with Gasteiger partial charge in [-0.2, -0.15) is 0 Å². The van der Waals surface area contributed by atoms with Crippen LogP contribution in [0.4, 0.5) is 0 Å². The number of nitrogens with two attached hydrogens (primary N) is 1. The topological polar surface area (TPSA) is 42.2 Å². The maximum absolute atomic E-state index is 6.15. The number of hydrogen-bond acceptors (Lipinski definition) is 4. The van der Waals surface area contributed by atoms with Crippen LogP contribution in [0.25, 0.3) is 0 Å². The minimum Gasteiger partial charge on any atom is -0.321 e. The van der Waals surface area contributed by atoms with Gasteiger partial charge in [0.05, 0.1) is 10.7 Å². The second-order valence-corrected chi connectivity index (χ2v) is 6.63.